The Morgan fingerprint density at radius 1 is 0.333 bits per heavy atom. The lowest BCUT2D eigenvalue weighted by Crippen LogP contribution is -2.61. The quantitative estimate of drug-likeness (QED) is 0.135. The van der Waals surface area contributed by atoms with Gasteiger partial charge in [-0.25, -0.2) is 0 Å². The fourth-order valence-corrected chi connectivity index (χ4v) is 17.8. The van der Waals surface area contributed by atoms with E-state index in [1.807, 2.05) is 0 Å². The third-order valence-corrected chi connectivity index (χ3v) is 22.8. The Morgan fingerprint density at radius 2 is 0.781 bits per heavy atom. The van der Waals surface area contributed by atoms with Crippen molar-refractivity contribution in [3.05, 3.63) is 373 Å². The van der Waals surface area contributed by atoms with E-state index < -0.39 is 0 Å². The van der Waals surface area contributed by atoms with Crippen molar-refractivity contribution in [1.29, 1.82) is 0 Å². The molecule has 0 amide bonds. The van der Waals surface area contributed by atoms with Gasteiger partial charge in [0.05, 0.1) is 22.4 Å². The van der Waals surface area contributed by atoms with Gasteiger partial charge >= 0.3 is 0 Å². The number of benzene rings is 15. The summed E-state index contributed by atoms with van der Waals surface area (Å²) in [6.45, 7) is 13.9. The van der Waals surface area contributed by atoms with Crippen LogP contribution in [0.15, 0.2) is 338 Å². The Bertz CT molecular complexity index is 6130. The third kappa shape index (κ3) is 10.0. The summed E-state index contributed by atoms with van der Waals surface area (Å²) in [6.07, 6.45) is 0.861. The fourth-order valence-electron chi connectivity index (χ4n) is 17.8. The first-order valence-corrected chi connectivity index (χ1v) is 37.1. The second-order valence-electron chi connectivity index (χ2n) is 31.1. The number of hydrogen-bond acceptors (Lipinski definition) is 3. The molecule has 4 nitrogen and oxygen atoms in total. The van der Waals surface area contributed by atoms with Gasteiger partial charge in [0.1, 0.15) is 11.2 Å². The Morgan fingerprint density at radius 3 is 1.30 bits per heavy atom. The summed E-state index contributed by atoms with van der Waals surface area (Å²) in [6, 6.07) is 127. The van der Waals surface area contributed by atoms with Crippen molar-refractivity contribution in [2.45, 2.75) is 64.7 Å². The van der Waals surface area contributed by atoms with Gasteiger partial charge in [0.25, 0.3) is 6.71 Å². The van der Waals surface area contributed by atoms with Crippen LogP contribution in [0.4, 0.5) is 34.1 Å². The van der Waals surface area contributed by atoms with Gasteiger partial charge in [0.2, 0.25) is 0 Å². The van der Waals surface area contributed by atoms with Crippen LogP contribution in [-0.4, -0.2) is 11.3 Å². The van der Waals surface area contributed by atoms with Crippen LogP contribution in [0.25, 0.3) is 105 Å². The van der Waals surface area contributed by atoms with Gasteiger partial charge in [-0.2, -0.15) is 0 Å². The molecule has 0 spiro atoms. The summed E-state index contributed by atoms with van der Waals surface area (Å²) in [4.78, 5) is 5.49. The van der Waals surface area contributed by atoms with Crippen LogP contribution in [0, 0.1) is 0 Å². The van der Waals surface area contributed by atoms with Crippen LogP contribution >= 0.6 is 0 Å². The molecule has 0 saturated carbocycles. The summed E-state index contributed by atoms with van der Waals surface area (Å²) < 4.78 is 9.26. The first kappa shape index (κ1) is 62.4. The monoisotopic (exact) mass is 1350 g/mol. The molecule has 0 atom stereocenters. The molecular formula is C100H76BN3O. The number of nitrogens with zero attached hydrogens (tertiary/aromatic N) is 3. The molecule has 105 heavy (non-hydrogen) atoms. The van der Waals surface area contributed by atoms with E-state index >= 15 is 0 Å². The van der Waals surface area contributed by atoms with Crippen molar-refractivity contribution in [2.24, 2.45) is 0 Å². The zero-order chi connectivity index (χ0) is 70.4. The van der Waals surface area contributed by atoms with Gasteiger partial charge in [-0.05, 0) is 185 Å². The van der Waals surface area contributed by atoms with Crippen molar-refractivity contribution < 1.29 is 4.42 Å². The van der Waals surface area contributed by atoms with Gasteiger partial charge in [-0.1, -0.05) is 296 Å². The molecule has 5 heteroatoms. The Hall–Kier alpha value is -12.4. The van der Waals surface area contributed by atoms with E-state index in [0.29, 0.717) is 0 Å². The molecule has 2 aromatic heterocycles. The smallest absolute Gasteiger partial charge is 0.252 e. The highest BCUT2D eigenvalue weighted by atomic mass is 16.3. The largest absolute Gasteiger partial charge is 0.456 e. The van der Waals surface area contributed by atoms with Crippen molar-refractivity contribution in [1.82, 2.24) is 4.57 Å². The van der Waals surface area contributed by atoms with E-state index in [-0.39, 0.29) is 23.5 Å². The van der Waals surface area contributed by atoms with Crippen LogP contribution in [0.3, 0.4) is 0 Å². The lowest BCUT2D eigenvalue weighted by molar-refractivity contribution is 0.590. The fraction of sp³-hybridized carbons (Fsp3) is 0.100. The maximum Gasteiger partial charge on any atom is 0.252 e. The molecule has 20 rings (SSSR count). The molecule has 15 aromatic carbocycles. The van der Waals surface area contributed by atoms with Crippen LogP contribution in [-0.2, 0) is 17.3 Å². The summed E-state index contributed by atoms with van der Waals surface area (Å²) in [5, 5.41) is 4.66. The zero-order valence-electron chi connectivity index (χ0n) is 59.9. The molecule has 17 aromatic rings. The Kier molecular flexibility index (Phi) is 14.3. The van der Waals surface area contributed by atoms with E-state index in [1.54, 1.807) is 0 Å². The number of furan rings is 1. The molecule has 0 radical (unpaired) electrons. The van der Waals surface area contributed by atoms with Crippen LogP contribution in [0.2, 0.25) is 0 Å². The molecule has 0 bridgehead atoms. The molecule has 0 N–H and O–H groups in total. The molecule has 2 aliphatic heterocycles. The molecule has 0 saturated heterocycles. The second-order valence-corrected chi connectivity index (χ2v) is 31.1. The minimum Gasteiger partial charge on any atom is -0.456 e. The van der Waals surface area contributed by atoms with Crippen LogP contribution in [0.1, 0.15) is 86.4 Å². The maximum absolute atomic E-state index is 6.75. The standard InChI is InChI=1S/C100H76BN3O/c1-99(2,3)71-58-80(63-30-11-7-12-31-63)97(81(59-71)64-32-13-8-14-33-64)103-88-53-50-69(76-45-29-49-93-95(76)79-44-25-28-48-92(79)105-93)55-85(88)101-84-52-51-73(102-86-46-26-23-42-77(86)78-43-24-27-47-87(78)102)62-89(84)104(98-82(65-34-15-9-16-35-65)60-72(100(4,5)6)61-83(98)66-36-17-10-18-37-66)91-57-70(56-90(103)96(91)101)94-74-40-21-19-38-67(74)54-68-39-20-22-41-75(68)94/h7-53,55-62,94H,54H2,1-6H3. The lowest BCUT2D eigenvalue weighted by Gasteiger charge is -2.46. The van der Waals surface area contributed by atoms with Gasteiger partial charge < -0.3 is 18.8 Å². The topological polar surface area (TPSA) is 24.6 Å². The third-order valence-electron chi connectivity index (χ3n) is 22.8. The zero-order valence-corrected chi connectivity index (χ0v) is 59.9. The summed E-state index contributed by atoms with van der Waals surface area (Å²) >= 11 is 0. The Labute approximate surface area is 614 Å². The molecule has 3 aliphatic rings. The van der Waals surface area contributed by atoms with E-state index in [1.165, 1.54) is 66.1 Å². The van der Waals surface area contributed by atoms with Gasteiger partial charge in [0.15, 0.2) is 0 Å². The average Bonchev–Trinajstić information content (AvgIpc) is 1.27. The summed E-state index contributed by atoms with van der Waals surface area (Å²) in [5.41, 5.74) is 35.8. The number of anilines is 6. The molecule has 0 unspecified atom stereocenters. The molecule has 1 aliphatic carbocycles. The summed E-state index contributed by atoms with van der Waals surface area (Å²) in [5.74, 6) is -0.134. The van der Waals surface area contributed by atoms with E-state index in [2.05, 4.69) is 390 Å². The van der Waals surface area contributed by atoms with Crippen molar-refractivity contribution in [3.8, 4) is 61.3 Å². The first-order chi connectivity index (χ1) is 51.4. The van der Waals surface area contributed by atoms with E-state index in [9.17, 15) is 0 Å². The number of rotatable bonds is 9. The summed E-state index contributed by atoms with van der Waals surface area (Å²) in [7, 11) is 0. The SMILES string of the molecule is CC(C)(C)c1cc(-c2ccccc2)c(N2c3ccc(-c4cccc5oc6ccccc6c45)cc3B3c4ccc(-n5c6ccccc6c6ccccc65)cc4N(c4c(-c5ccccc5)cc(C(C)(C)C)cc4-c4ccccc4)c4cc(C5c6ccccc6Cc6ccccc65)cc2c43)c(-c2ccccc2)c1. The molecule has 4 heterocycles. The maximum atomic E-state index is 6.75. The minimum absolute atomic E-state index is 0.134. The normalized spacial score (nSPS) is 13.3. The predicted octanol–water partition coefficient (Wildman–Crippen LogP) is 24.8. The van der Waals surface area contributed by atoms with Crippen molar-refractivity contribution in [2.75, 3.05) is 9.80 Å². The lowest BCUT2D eigenvalue weighted by atomic mass is 9.33. The highest BCUT2D eigenvalue weighted by molar-refractivity contribution is 7.00. The van der Waals surface area contributed by atoms with Crippen LogP contribution in [0.5, 0.6) is 0 Å². The number of para-hydroxylation sites is 3. The van der Waals surface area contributed by atoms with Gasteiger partial charge in [-0.3, -0.25) is 0 Å². The highest BCUT2D eigenvalue weighted by Gasteiger charge is 2.47. The molecule has 0 fully saturated rings. The average molecular weight is 1350 g/mol. The Balaban J connectivity index is 1.00. The number of hydrogen-bond donors (Lipinski definition) is 0. The van der Waals surface area contributed by atoms with Gasteiger partial charge in [-0.15, -0.1) is 0 Å². The van der Waals surface area contributed by atoms with E-state index in [0.717, 1.165) is 135 Å². The van der Waals surface area contributed by atoms with E-state index in [4.69, 9.17) is 4.42 Å². The highest BCUT2D eigenvalue weighted by Crippen LogP contribution is 2.57. The minimum atomic E-state index is -0.302. The molecular weight excluding hydrogens is 1270 g/mol. The van der Waals surface area contributed by atoms with Crippen LogP contribution < -0.4 is 26.2 Å². The van der Waals surface area contributed by atoms with Gasteiger partial charge in [0, 0.05) is 78.2 Å². The van der Waals surface area contributed by atoms with Crippen molar-refractivity contribution >= 4 is 101 Å². The predicted molar refractivity (Wildman–Crippen MR) is 443 cm³/mol. The molecule has 500 valence electrons. The first-order valence-electron chi connectivity index (χ1n) is 37.1. The second kappa shape index (κ2) is 24.1. The van der Waals surface area contributed by atoms with Crippen molar-refractivity contribution in [3.63, 3.8) is 0 Å². The number of fused-ring (bicyclic) bond motifs is 12. The number of aromatic nitrogens is 1.